The maximum Gasteiger partial charge on any atom is 0.149 e. The van der Waals surface area contributed by atoms with Gasteiger partial charge in [0.05, 0.1) is 28.0 Å². The van der Waals surface area contributed by atoms with Crippen LogP contribution in [0.2, 0.25) is 0 Å². The maximum atomic E-state index is 12.6. The van der Waals surface area contributed by atoms with Crippen molar-refractivity contribution in [2.45, 2.75) is 85.4 Å². The molecule has 0 aliphatic rings. The van der Waals surface area contributed by atoms with E-state index < -0.39 is 6.85 Å². The standard InChI is InChI=1S/C61H57N3O2/c1-37-23-25-38(26-24-37)40-29-30-62-50(32-40)41-31-47(55-45-19-14-15-22-53(45)66-54(55)33-41)44-20-16-21-52-56(44)63-58(48-35-43(60(5,6)7)36-49(57(48)65)61(8,9)10)64(52)51-28-27-42(59(2,3)4)34-46(51)39-17-12-11-13-18-39/h11-36,65H,1-10H3/i1D3. The molecule has 10 rings (SSSR count). The predicted octanol–water partition coefficient (Wildman–Crippen LogP) is 16.6. The summed E-state index contributed by atoms with van der Waals surface area (Å²) >= 11 is 0. The number of hydrogen-bond donors (Lipinski definition) is 1. The molecule has 0 amide bonds. The Morgan fingerprint density at radius 1 is 0.545 bits per heavy atom. The number of benzene rings is 7. The van der Waals surface area contributed by atoms with Crippen LogP contribution in [0.25, 0.3) is 94.7 Å². The number of aromatic nitrogens is 3. The number of aryl methyl sites for hydroxylation is 1. The van der Waals surface area contributed by atoms with Crippen LogP contribution in [0.1, 0.15) is 88.7 Å². The highest BCUT2D eigenvalue weighted by molar-refractivity contribution is 6.16. The van der Waals surface area contributed by atoms with Crippen molar-refractivity contribution in [1.29, 1.82) is 0 Å². The lowest BCUT2D eigenvalue weighted by atomic mass is 9.79. The van der Waals surface area contributed by atoms with Crippen molar-refractivity contribution < 1.29 is 13.6 Å². The van der Waals surface area contributed by atoms with Crippen molar-refractivity contribution in [2.24, 2.45) is 0 Å². The summed E-state index contributed by atoms with van der Waals surface area (Å²) in [7, 11) is 0. The Morgan fingerprint density at radius 3 is 2.00 bits per heavy atom. The zero-order valence-electron chi connectivity index (χ0n) is 42.2. The summed E-state index contributed by atoms with van der Waals surface area (Å²) in [6, 6.07) is 51.3. The molecule has 328 valence electrons. The zero-order chi connectivity index (χ0) is 48.8. The van der Waals surface area contributed by atoms with Gasteiger partial charge in [-0.1, -0.05) is 165 Å². The molecule has 0 saturated carbocycles. The summed E-state index contributed by atoms with van der Waals surface area (Å²) in [5.74, 6) is 0.848. The Morgan fingerprint density at radius 2 is 1.27 bits per heavy atom. The number of pyridine rings is 1. The number of phenolic OH excluding ortho intramolecular Hbond substituents is 1. The van der Waals surface area contributed by atoms with Crippen molar-refractivity contribution in [3.63, 3.8) is 0 Å². The van der Waals surface area contributed by atoms with Crippen LogP contribution in [-0.2, 0) is 16.2 Å². The van der Waals surface area contributed by atoms with E-state index in [2.05, 4.69) is 158 Å². The average molecular weight is 867 g/mol. The highest BCUT2D eigenvalue weighted by atomic mass is 16.3. The fraction of sp³-hybridized carbons (Fsp3) is 0.213. The number of furan rings is 1. The van der Waals surface area contributed by atoms with Crippen LogP contribution >= 0.6 is 0 Å². The molecular weight excluding hydrogens is 807 g/mol. The largest absolute Gasteiger partial charge is 0.507 e. The molecule has 0 fully saturated rings. The van der Waals surface area contributed by atoms with Crippen molar-refractivity contribution in [3.8, 4) is 67.5 Å². The second-order valence-corrected chi connectivity index (χ2v) is 20.7. The van der Waals surface area contributed by atoms with Gasteiger partial charge in [0.2, 0.25) is 0 Å². The average Bonchev–Trinajstić information content (AvgIpc) is 3.89. The number of fused-ring (bicyclic) bond motifs is 4. The van der Waals surface area contributed by atoms with Gasteiger partial charge in [-0.3, -0.25) is 9.55 Å². The first-order valence-electron chi connectivity index (χ1n) is 24.3. The first-order valence-corrected chi connectivity index (χ1v) is 22.8. The number of rotatable bonds is 6. The SMILES string of the molecule is [2H]C([2H])([2H])c1ccc(-c2ccnc(-c3cc(-c4cccc5c4nc(-c4cc(C(C)(C)C)cc(C(C)(C)C)c4O)n5-c4ccc(C(C)(C)C)cc4-c4ccccc4)c4c(c3)oc3ccccc34)c2)cc1. The Kier molecular flexibility index (Phi) is 9.33. The minimum Gasteiger partial charge on any atom is -0.507 e. The van der Waals surface area contributed by atoms with E-state index in [4.69, 9.17) is 18.5 Å². The Bertz CT molecular complexity index is 3600. The van der Waals surface area contributed by atoms with Gasteiger partial charge < -0.3 is 9.52 Å². The lowest BCUT2D eigenvalue weighted by Crippen LogP contribution is -2.17. The van der Waals surface area contributed by atoms with Crippen LogP contribution < -0.4 is 0 Å². The summed E-state index contributed by atoms with van der Waals surface area (Å²) in [5.41, 5.74) is 14.8. The second kappa shape index (κ2) is 15.7. The van der Waals surface area contributed by atoms with Crippen LogP contribution in [0.5, 0.6) is 5.75 Å². The van der Waals surface area contributed by atoms with Gasteiger partial charge in [-0.15, -0.1) is 0 Å². The minimum absolute atomic E-state index is 0.113. The topological polar surface area (TPSA) is 64.1 Å². The molecule has 5 heteroatoms. The second-order valence-electron chi connectivity index (χ2n) is 20.7. The fourth-order valence-electron chi connectivity index (χ4n) is 9.24. The van der Waals surface area contributed by atoms with E-state index in [1.54, 1.807) is 18.3 Å². The van der Waals surface area contributed by atoms with Gasteiger partial charge in [0.25, 0.3) is 0 Å². The lowest BCUT2D eigenvalue weighted by molar-refractivity contribution is 0.446. The van der Waals surface area contributed by atoms with Crippen LogP contribution in [0.4, 0.5) is 0 Å². The van der Waals surface area contributed by atoms with Crippen LogP contribution in [0, 0.1) is 6.85 Å². The number of para-hydroxylation sites is 2. The van der Waals surface area contributed by atoms with E-state index in [1.807, 2.05) is 48.5 Å². The van der Waals surface area contributed by atoms with Crippen molar-refractivity contribution in [1.82, 2.24) is 14.5 Å². The molecular formula is C61H57N3O2. The zero-order valence-corrected chi connectivity index (χ0v) is 39.2. The first kappa shape index (κ1) is 39.2. The van der Waals surface area contributed by atoms with Crippen molar-refractivity contribution in [2.75, 3.05) is 0 Å². The summed E-state index contributed by atoms with van der Waals surface area (Å²) in [4.78, 5) is 10.6. The van der Waals surface area contributed by atoms with Crippen LogP contribution in [0.3, 0.4) is 0 Å². The van der Waals surface area contributed by atoms with E-state index in [-0.39, 0.29) is 22.0 Å². The number of aromatic hydroxyl groups is 1. The molecule has 0 atom stereocenters. The summed E-state index contributed by atoms with van der Waals surface area (Å²) in [6.07, 6.45) is 1.79. The van der Waals surface area contributed by atoms with Crippen LogP contribution in [-0.4, -0.2) is 19.6 Å². The Labute approximate surface area is 392 Å². The number of phenols is 1. The third kappa shape index (κ3) is 7.56. The van der Waals surface area contributed by atoms with Crippen molar-refractivity contribution >= 4 is 33.0 Å². The molecule has 0 unspecified atom stereocenters. The van der Waals surface area contributed by atoms with E-state index >= 15 is 0 Å². The molecule has 7 aromatic carbocycles. The molecule has 0 radical (unpaired) electrons. The summed E-state index contributed by atoms with van der Waals surface area (Å²) in [5, 5.41) is 14.6. The third-order valence-corrected chi connectivity index (χ3v) is 12.9. The fourth-order valence-corrected chi connectivity index (χ4v) is 9.24. The number of hydrogen-bond acceptors (Lipinski definition) is 4. The Balaban J connectivity index is 1.29. The molecule has 3 aromatic heterocycles. The molecule has 0 spiro atoms. The van der Waals surface area contributed by atoms with Gasteiger partial charge in [-0.25, -0.2) is 4.98 Å². The van der Waals surface area contributed by atoms with E-state index in [9.17, 15) is 5.11 Å². The van der Waals surface area contributed by atoms with E-state index in [1.165, 1.54) is 5.56 Å². The third-order valence-electron chi connectivity index (χ3n) is 12.9. The van der Waals surface area contributed by atoms with Gasteiger partial charge >= 0.3 is 0 Å². The van der Waals surface area contributed by atoms with E-state index in [0.29, 0.717) is 22.5 Å². The molecule has 0 aliphatic carbocycles. The Hall–Kier alpha value is -7.24. The quantitative estimate of drug-likeness (QED) is 0.181. The molecule has 0 aliphatic heterocycles. The smallest absolute Gasteiger partial charge is 0.149 e. The van der Waals surface area contributed by atoms with Gasteiger partial charge in [-0.05, 0) is 111 Å². The maximum absolute atomic E-state index is 12.6. The van der Waals surface area contributed by atoms with Crippen molar-refractivity contribution in [3.05, 3.63) is 180 Å². The minimum atomic E-state index is -2.19. The van der Waals surface area contributed by atoms with Gasteiger partial charge in [0.1, 0.15) is 22.7 Å². The van der Waals surface area contributed by atoms with Crippen LogP contribution in [0.15, 0.2) is 162 Å². The normalized spacial score (nSPS) is 13.3. The highest BCUT2D eigenvalue weighted by Gasteiger charge is 2.30. The molecule has 10 aromatic rings. The summed E-state index contributed by atoms with van der Waals surface area (Å²) in [6.45, 7) is 17.6. The first-order chi connectivity index (χ1) is 32.6. The molecule has 5 nitrogen and oxygen atoms in total. The van der Waals surface area contributed by atoms with E-state index in [0.717, 1.165) is 88.8 Å². The molecule has 0 saturated heterocycles. The molecule has 0 bridgehead atoms. The molecule has 66 heavy (non-hydrogen) atoms. The van der Waals surface area contributed by atoms with Gasteiger partial charge in [0, 0.05) is 43.3 Å². The van der Waals surface area contributed by atoms with Gasteiger partial charge in [0.15, 0.2) is 0 Å². The monoisotopic (exact) mass is 866 g/mol. The lowest BCUT2D eigenvalue weighted by Gasteiger charge is -2.28. The number of nitrogens with zero attached hydrogens (tertiary/aromatic N) is 3. The van der Waals surface area contributed by atoms with Gasteiger partial charge in [-0.2, -0.15) is 0 Å². The summed E-state index contributed by atoms with van der Waals surface area (Å²) < 4.78 is 32.6. The number of imidazole rings is 1. The predicted molar refractivity (Wildman–Crippen MR) is 276 cm³/mol. The highest BCUT2D eigenvalue weighted by Crippen LogP contribution is 2.47. The molecule has 1 N–H and O–H groups in total. The molecule has 3 heterocycles.